The molecule has 0 bridgehead atoms. The summed E-state index contributed by atoms with van der Waals surface area (Å²) < 4.78 is 13.2. The number of nitro benzene ring substituents is 1. The minimum atomic E-state index is -0.509. The Kier molecular flexibility index (Phi) is 4.37. The Morgan fingerprint density at radius 3 is 2.90 bits per heavy atom. The highest BCUT2D eigenvalue weighted by molar-refractivity contribution is 5.40. The molecule has 0 aliphatic carbocycles. The average Bonchev–Trinajstić information content (AvgIpc) is 2.45. The fraction of sp³-hybridized carbons (Fsp3) is 0.214. The molecule has 2 aromatic rings. The number of nitrogens with one attached hydrogen (secondary N) is 1. The van der Waals surface area contributed by atoms with Crippen LogP contribution in [0.2, 0.25) is 0 Å². The standard InChI is InChI=1S/C14H14FN3O2/c1-10(11-3-2-6-16-8-11)17-9-12-7-13(15)4-5-14(12)18(19)20/h2-8,10,17H,9H2,1H3. The van der Waals surface area contributed by atoms with Gasteiger partial charge >= 0.3 is 0 Å². The number of hydrogen-bond acceptors (Lipinski definition) is 4. The van der Waals surface area contributed by atoms with E-state index in [4.69, 9.17) is 0 Å². The van der Waals surface area contributed by atoms with Crippen LogP contribution in [0, 0.1) is 15.9 Å². The molecule has 1 N–H and O–H groups in total. The quantitative estimate of drug-likeness (QED) is 0.672. The largest absolute Gasteiger partial charge is 0.306 e. The van der Waals surface area contributed by atoms with Gasteiger partial charge in [0.2, 0.25) is 0 Å². The fourth-order valence-electron chi connectivity index (χ4n) is 1.89. The van der Waals surface area contributed by atoms with Crippen LogP contribution in [0.4, 0.5) is 10.1 Å². The summed E-state index contributed by atoms with van der Waals surface area (Å²) in [5.74, 6) is -0.485. The van der Waals surface area contributed by atoms with Gasteiger partial charge in [-0.05, 0) is 30.7 Å². The van der Waals surface area contributed by atoms with Crippen molar-refractivity contribution in [2.75, 3.05) is 0 Å². The van der Waals surface area contributed by atoms with Crippen molar-refractivity contribution in [1.29, 1.82) is 0 Å². The maximum absolute atomic E-state index is 13.2. The topological polar surface area (TPSA) is 68.1 Å². The molecule has 0 amide bonds. The van der Waals surface area contributed by atoms with E-state index in [1.807, 2.05) is 19.1 Å². The van der Waals surface area contributed by atoms with Crippen molar-refractivity contribution in [3.8, 4) is 0 Å². The maximum Gasteiger partial charge on any atom is 0.274 e. The smallest absolute Gasteiger partial charge is 0.274 e. The van der Waals surface area contributed by atoms with Crippen LogP contribution in [0.15, 0.2) is 42.7 Å². The van der Waals surface area contributed by atoms with Gasteiger partial charge in [-0.2, -0.15) is 0 Å². The van der Waals surface area contributed by atoms with Gasteiger partial charge in [-0.15, -0.1) is 0 Å². The summed E-state index contributed by atoms with van der Waals surface area (Å²) in [6.45, 7) is 2.13. The first-order valence-corrected chi connectivity index (χ1v) is 6.14. The van der Waals surface area contributed by atoms with Crippen LogP contribution in [0.1, 0.15) is 24.1 Å². The molecule has 0 fully saturated rings. The summed E-state index contributed by atoms with van der Waals surface area (Å²) >= 11 is 0. The van der Waals surface area contributed by atoms with Crippen LogP contribution in [-0.4, -0.2) is 9.91 Å². The number of nitrogens with zero attached hydrogens (tertiary/aromatic N) is 2. The molecule has 1 aromatic heterocycles. The highest BCUT2D eigenvalue weighted by Crippen LogP contribution is 2.20. The number of pyridine rings is 1. The number of benzene rings is 1. The van der Waals surface area contributed by atoms with E-state index in [2.05, 4.69) is 10.3 Å². The Bertz CT molecular complexity index is 605. The van der Waals surface area contributed by atoms with Crippen LogP contribution in [0.25, 0.3) is 0 Å². The number of nitro groups is 1. The van der Waals surface area contributed by atoms with Crippen molar-refractivity contribution < 1.29 is 9.31 Å². The van der Waals surface area contributed by atoms with Crippen molar-refractivity contribution in [3.05, 3.63) is 69.8 Å². The second-order valence-corrected chi connectivity index (χ2v) is 4.42. The number of rotatable bonds is 5. The molecule has 1 aromatic carbocycles. The lowest BCUT2D eigenvalue weighted by atomic mass is 10.1. The molecule has 1 atom stereocenters. The summed E-state index contributed by atoms with van der Waals surface area (Å²) in [5, 5.41) is 14.0. The Hall–Kier alpha value is -2.34. The SMILES string of the molecule is CC(NCc1cc(F)ccc1[N+](=O)[O-])c1cccnc1. The molecular formula is C14H14FN3O2. The summed E-state index contributed by atoms with van der Waals surface area (Å²) in [6, 6.07) is 7.14. The van der Waals surface area contributed by atoms with Gasteiger partial charge in [0.25, 0.3) is 5.69 Å². The first-order valence-electron chi connectivity index (χ1n) is 6.14. The van der Waals surface area contributed by atoms with E-state index < -0.39 is 10.7 Å². The average molecular weight is 275 g/mol. The van der Waals surface area contributed by atoms with Crippen molar-refractivity contribution >= 4 is 5.69 Å². The van der Waals surface area contributed by atoms with Crippen LogP contribution in [0.3, 0.4) is 0 Å². The molecule has 6 heteroatoms. The minimum absolute atomic E-state index is 0.0356. The van der Waals surface area contributed by atoms with Crippen molar-refractivity contribution in [2.45, 2.75) is 19.5 Å². The van der Waals surface area contributed by atoms with E-state index in [0.29, 0.717) is 5.56 Å². The van der Waals surface area contributed by atoms with Crippen LogP contribution < -0.4 is 5.32 Å². The molecule has 0 aliphatic rings. The van der Waals surface area contributed by atoms with Crippen molar-refractivity contribution in [2.24, 2.45) is 0 Å². The first kappa shape index (κ1) is 14.1. The van der Waals surface area contributed by atoms with E-state index >= 15 is 0 Å². The molecule has 0 saturated heterocycles. The van der Waals surface area contributed by atoms with Gasteiger partial charge in [-0.1, -0.05) is 6.07 Å². The third-order valence-electron chi connectivity index (χ3n) is 3.02. The molecule has 0 aliphatic heterocycles. The molecule has 0 spiro atoms. The lowest BCUT2D eigenvalue weighted by molar-refractivity contribution is -0.385. The third kappa shape index (κ3) is 3.36. The molecule has 0 radical (unpaired) electrons. The van der Waals surface area contributed by atoms with E-state index in [9.17, 15) is 14.5 Å². The summed E-state index contributed by atoms with van der Waals surface area (Å²) in [7, 11) is 0. The van der Waals surface area contributed by atoms with Gasteiger partial charge in [0.15, 0.2) is 0 Å². The monoisotopic (exact) mass is 275 g/mol. The highest BCUT2D eigenvalue weighted by atomic mass is 19.1. The Morgan fingerprint density at radius 2 is 2.25 bits per heavy atom. The maximum atomic E-state index is 13.2. The summed E-state index contributed by atoms with van der Waals surface area (Å²) in [6.07, 6.45) is 3.39. The third-order valence-corrected chi connectivity index (χ3v) is 3.02. The van der Waals surface area contributed by atoms with Crippen LogP contribution in [-0.2, 0) is 6.54 Å². The summed E-state index contributed by atoms with van der Waals surface area (Å²) in [5.41, 5.74) is 1.20. The normalized spacial score (nSPS) is 12.1. The zero-order valence-corrected chi connectivity index (χ0v) is 10.9. The highest BCUT2D eigenvalue weighted by Gasteiger charge is 2.15. The molecule has 1 unspecified atom stereocenters. The number of halogens is 1. The van der Waals surface area contributed by atoms with Crippen LogP contribution >= 0.6 is 0 Å². The molecule has 1 heterocycles. The van der Waals surface area contributed by atoms with Gasteiger partial charge in [0.1, 0.15) is 5.82 Å². The zero-order valence-electron chi connectivity index (χ0n) is 10.9. The second kappa shape index (κ2) is 6.21. The Balaban J connectivity index is 2.11. The second-order valence-electron chi connectivity index (χ2n) is 4.42. The number of aromatic nitrogens is 1. The van der Waals surface area contributed by atoms with Crippen LogP contribution in [0.5, 0.6) is 0 Å². The van der Waals surface area contributed by atoms with Gasteiger partial charge in [-0.25, -0.2) is 4.39 Å². The summed E-state index contributed by atoms with van der Waals surface area (Å²) in [4.78, 5) is 14.4. The fourth-order valence-corrected chi connectivity index (χ4v) is 1.89. The first-order chi connectivity index (χ1) is 9.58. The van der Waals surface area contributed by atoms with Gasteiger partial charge < -0.3 is 5.32 Å². The molecular weight excluding hydrogens is 261 g/mol. The molecule has 5 nitrogen and oxygen atoms in total. The molecule has 104 valence electrons. The molecule has 2 rings (SSSR count). The van der Waals surface area contributed by atoms with E-state index in [0.717, 1.165) is 11.6 Å². The van der Waals surface area contributed by atoms with Gasteiger partial charge in [-0.3, -0.25) is 15.1 Å². The predicted molar refractivity (Wildman–Crippen MR) is 72.5 cm³/mol. The lowest BCUT2D eigenvalue weighted by Gasteiger charge is -2.13. The zero-order chi connectivity index (χ0) is 14.5. The Labute approximate surface area is 115 Å². The predicted octanol–water partition coefficient (Wildman–Crippen LogP) is 2.98. The van der Waals surface area contributed by atoms with Gasteiger partial charge in [0.05, 0.1) is 4.92 Å². The van der Waals surface area contributed by atoms with Crippen molar-refractivity contribution in [1.82, 2.24) is 10.3 Å². The molecule has 20 heavy (non-hydrogen) atoms. The Morgan fingerprint density at radius 1 is 1.45 bits per heavy atom. The van der Waals surface area contributed by atoms with Gasteiger partial charge in [0, 0.05) is 36.6 Å². The molecule has 0 saturated carbocycles. The minimum Gasteiger partial charge on any atom is -0.306 e. The van der Waals surface area contributed by atoms with E-state index in [1.165, 1.54) is 12.1 Å². The van der Waals surface area contributed by atoms with Crippen molar-refractivity contribution in [3.63, 3.8) is 0 Å². The van der Waals surface area contributed by atoms with E-state index in [-0.39, 0.29) is 18.3 Å². The number of hydrogen-bond donors (Lipinski definition) is 1. The lowest BCUT2D eigenvalue weighted by Crippen LogP contribution is -2.19. The van der Waals surface area contributed by atoms with E-state index in [1.54, 1.807) is 12.4 Å².